The van der Waals surface area contributed by atoms with Crippen LogP contribution in [0.15, 0.2) is 60.9 Å². The number of nitrogens with one attached hydrogen (secondary N) is 1. The Balaban J connectivity index is 1.56. The third kappa shape index (κ3) is 3.71. The van der Waals surface area contributed by atoms with Crippen LogP contribution in [0, 0.1) is 13.8 Å². The third-order valence-corrected chi connectivity index (χ3v) is 4.13. The van der Waals surface area contributed by atoms with Crippen LogP contribution < -0.4 is 5.32 Å². The van der Waals surface area contributed by atoms with Crippen molar-refractivity contribution in [1.82, 2.24) is 15.1 Å². The molecule has 0 spiro atoms. The van der Waals surface area contributed by atoms with Gasteiger partial charge in [-0.15, -0.1) is 0 Å². The number of benzene rings is 2. The number of hydrogen-bond acceptors (Lipinski definition) is 2. The predicted octanol–water partition coefficient (Wildman–Crippen LogP) is 3.46. The van der Waals surface area contributed by atoms with Gasteiger partial charge in [0.05, 0.1) is 11.9 Å². The molecule has 0 saturated carbocycles. The number of amides is 1. The molecule has 0 aliphatic rings. The van der Waals surface area contributed by atoms with Gasteiger partial charge in [-0.1, -0.05) is 24.3 Å². The Hall–Kier alpha value is -2.88. The van der Waals surface area contributed by atoms with E-state index in [0.717, 1.165) is 23.2 Å². The molecule has 3 aromatic rings. The van der Waals surface area contributed by atoms with Crippen LogP contribution in [-0.2, 0) is 6.42 Å². The second-order valence-electron chi connectivity index (χ2n) is 5.93. The number of carbonyl (C=O) groups excluding carboxylic acids is 1. The number of aryl methyl sites for hydroxylation is 2. The molecule has 0 aliphatic carbocycles. The zero-order valence-corrected chi connectivity index (χ0v) is 14.0. The molecule has 122 valence electrons. The molecule has 0 unspecified atom stereocenters. The van der Waals surface area contributed by atoms with Gasteiger partial charge in [-0.3, -0.25) is 4.79 Å². The fraction of sp³-hybridized carbons (Fsp3) is 0.200. The van der Waals surface area contributed by atoms with Crippen LogP contribution in [0.2, 0.25) is 0 Å². The summed E-state index contributed by atoms with van der Waals surface area (Å²) in [7, 11) is 0. The normalized spacial score (nSPS) is 10.6. The quantitative estimate of drug-likeness (QED) is 0.783. The van der Waals surface area contributed by atoms with Crippen LogP contribution in [0.1, 0.15) is 27.0 Å². The molecule has 2 aromatic carbocycles. The minimum Gasteiger partial charge on any atom is -0.352 e. The Morgan fingerprint density at radius 2 is 1.88 bits per heavy atom. The lowest BCUT2D eigenvalue weighted by molar-refractivity contribution is 0.0954. The van der Waals surface area contributed by atoms with E-state index in [1.807, 2.05) is 79.5 Å². The minimum absolute atomic E-state index is 0.0337. The van der Waals surface area contributed by atoms with Gasteiger partial charge in [0.25, 0.3) is 5.91 Å². The number of hydrogen-bond donors (Lipinski definition) is 1. The predicted molar refractivity (Wildman–Crippen MR) is 95.5 cm³/mol. The molecule has 1 N–H and O–H groups in total. The summed E-state index contributed by atoms with van der Waals surface area (Å²) in [6, 6.07) is 15.8. The van der Waals surface area contributed by atoms with Gasteiger partial charge in [-0.05, 0) is 61.2 Å². The highest BCUT2D eigenvalue weighted by Crippen LogP contribution is 2.10. The Kier molecular flexibility index (Phi) is 4.75. The van der Waals surface area contributed by atoms with Crippen LogP contribution in [0.5, 0.6) is 0 Å². The van der Waals surface area contributed by atoms with Crippen LogP contribution in [-0.4, -0.2) is 22.2 Å². The monoisotopic (exact) mass is 319 g/mol. The van der Waals surface area contributed by atoms with Crippen molar-refractivity contribution >= 4 is 5.91 Å². The fourth-order valence-electron chi connectivity index (χ4n) is 2.52. The van der Waals surface area contributed by atoms with Crippen LogP contribution in [0.3, 0.4) is 0 Å². The van der Waals surface area contributed by atoms with Crippen molar-refractivity contribution in [2.45, 2.75) is 20.3 Å². The van der Waals surface area contributed by atoms with Gasteiger partial charge in [0.2, 0.25) is 0 Å². The first-order valence-corrected chi connectivity index (χ1v) is 8.08. The van der Waals surface area contributed by atoms with E-state index < -0.39 is 0 Å². The summed E-state index contributed by atoms with van der Waals surface area (Å²) in [5.74, 6) is -0.0337. The molecule has 24 heavy (non-hydrogen) atoms. The largest absolute Gasteiger partial charge is 0.352 e. The van der Waals surface area contributed by atoms with Crippen LogP contribution in [0.4, 0.5) is 0 Å². The first-order valence-electron chi connectivity index (χ1n) is 8.08. The second kappa shape index (κ2) is 7.13. The van der Waals surface area contributed by atoms with Gasteiger partial charge < -0.3 is 5.32 Å². The minimum atomic E-state index is -0.0337. The second-order valence-corrected chi connectivity index (χ2v) is 5.93. The fourth-order valence-corrected chi connectivity index (χ4v) is 2.52. The molecule has 1 heterocycles. The third-order valence-electron chi connectivity index (χ3n) is 4.13. The molecular weight excluding hydrogens is 298 g/mol. The van der Waals surface area contributed by atoms with Gasteiger partial charge in [0.15, 0.2) is 0 Å². The molecular formula is C20H21N3O. The van der Waals surface area contributed by atoms with Crippen molar-refractivity contribution in [1.29, 1.82) is 0 Å². The Morgan fingerprint density at radius 3 is 2.62 bits per heavy atom. The first kappa shape index (κ1) is 16.0. The maximum atomic E-state index is 12.2. The molecule has 0 saturated heterocycles. The van der Waals surface area contributed by atoms with Crippen molar-refractivity contribution in [3.63, 3.8) is 0 Å². The van der Waals surface area contributed by atoms with Gasteiger partial charge >= 0.3 is 0 Å². The zero-order valence-electron chi connectivity index (χ0n) is 14.0. The molecule has 0 bridgehead atoms. The SMILES string of the molecule is Cc1ccc(C(=O)NCCc2cnn(-c3ccccc3)c2)cc1C. The summed E-state index contributed by atoms with van der Waals surface area (Å²) in [6.45, 7) is 4.65. The van der Waals surface area contributed by atoms with E-state index in [1.54, 1.807) is 0 Å². The maximum absolute atomic E-state index is 12.2. The number of para-hydroxylation sites is 1. The number of carbonyl (C=O) groups is 1. The molecule has 0 radical (unpaired) electrons. The molecule has 0 fully saturated rings. The van der Waals surface area contributed by atoms with E-state index in [1.165, 1.54) is 5.56 Å². The molecule has 0 atom stereocenters. The lowest BCUT2D eigenvalue weighted by Gasteiger charge is -2.06. The Bertz CT molecular complexity index is 837. The van der Waals surface area contributed by atoms with E-state index in [2.05, 4.69) is 10.4 Å². The summed E-state index contributed by atoms with van der Waals surface area (Å²) in [5.41, 5.74) is 5.16. The number of nitrogens with zero attached hydrogens (tertiary/aromatic N) is 2. The van der Waals surface area contributed by atoms with E-state index in [4.69, 9.17) is 0 Å². The van der Waals surface area contributed by atoms with Gasteiger partial charge in [0, 0.05) is 18.3 Å². The highest BCUT2D eigenvalue weighted by molar-refractivity contribution is 5.94. The Labute approximate surface area is 142 Å². The Morgan fingerprint density at radius 1 is 1.08 bits per heavy atom. The topological polar surface area (TPSA) is 46.9 Å². The smallest absolute Gasteiger partial charge is 0.251 e. The highest BCUT2D eigenvalue weighted by Gasteiger charge is 2.07. The van der Waals surface area contributed by atoms with Crippen LogP contribution in [0.25, 0.3) is 5.69 Å². The van der Waals surface area contributed by atoms with Crippen molar-refractivity contribution in [3.05, 3.63) is 83.2 Å². The van der Waals surface area contributed by atoms with Crippen molar-refractivity contribution in [2.75, 3.05) is 6.54 Å². The van der Waals surface area contributed by atoms with E-state index in [-0.39, 0.29) is 5.91 Å². The van der Waals surface area contributed by atoms with Crippen molar-refractivity contribution in [2.24, 2.45) is 0 Å². The average Bonchev–Trinajstić information content (AvgIpc) is 3.07. The lowest BCUT2D eigenvalue weighted by atomic mass is 10.1. The van der Waals surface area contributed by atoms with E-state index in [9.17, 15) is 4.79 Å². The summed E-state index contributed by atoms with van der Waals surface area (Å²) in [5, 5.41) is 7.33. The van der Waals surface area contributed by atoms with Crippen molar-refractivity contribution in [3.8, 4) is 5.69 Å². The molecule has 0 aliphatic heterocycles. The summed E-state index contributed by atoms with van der Waals surface area (Å²) in [4.78, 5) is 12.2. The molecule has 4 heteroatoms. The number of rotatable bonds is 5. The van der Waals surface area contributed by atoms with Gasteiger partial charge in [-0.25, -0.2) is 4.68 Å². The molecule has 3 rings (SSSR count). The lowest BCUT2D eigenvalue weighted by Crippen LogP contribution is -2.25. The highest BCUT2D eigenvalue weighted by atomic mass is 16.1. The van der Waals surface area contributed by atoms with Crippen LogP contribution >= 0.6 is 0 Å². The van der Waals surface area contributed by atoms with E-state index in [0.29, 0.717) is 12.1 Å². The molecule has 1 amide bonds. The number of aromatic nitrogens is 2. The maximum Gasteiger partial charge on any atom is 0.251 e. The molecule has 4 nitrogen and oxygen atoms in total. The molecule has 1 aromatic heterocycles. The summed E-state index contributed by atoms with van der Waals surface area (Å²) in [6.07, 6.45) is 4.59. The zero-order chi connectivity index (χ0) is 16.9. The van der Waals surface area contributed by atoms with Gasteiger partial charge in [-0.2, -0.15) is 5.10 Å². The first-order chi connectivity index (χ1) is 11.6. The summed E-state index contributed by atoms with van der Waals surface area (Å²) >= 11 is 0. The summed E-state index contributed by atoms with van der Waals surface area (Å²) < 4.78 is 1.85. The standard InChI is InChI=1S/C20H21N3O/c1-15-8-9-18(12-16(15)2)20(24)21-11-10-17-13-22-23(14-17)19-6-4-3-5-7-19/h3-9,12-14H,10-11H2,1-2H3,(H,21,24). The average molecular weight is 319 g/mol. The van der Waals surface area contributed by atoms with E-state index >= 15 is 0 Å². The van der Waals surface area contributed by atoms with Crippen molar-refractivity contribution < 1.29 is 4.79 Å². The van der Waals surface area contributed by atoms with Gasteiger partial charge in [0.1, 0.15) is 0 Å².